The van der Waals surface area contributed by atoms with Gasteiger partial charge in [-0.3, -0.25) is 4.79 Å². The predicted molar refractivity (Wildman–Crippen MR) is 129 cm³/mol. The molecule has 172 valence electrons. The molecule has 0 heterocycles. The minimum absolute atomic E-state index is 0.0755. The SMILES string of the molecule is COc1ccc(S(=O)(=O)N(CCc2ccccc2)CC(=O)N/N=C\c2cccc(Cl)c2)cc1. The summed E-state index contributed by atoms with van der Waals surface area (Å²) in [5.74, 6) is -0.0173. The highest BCUT2D eigenvalue weighted by Crippen LogP contribution is 2.20. The van der Waals surface area contributed by atoms with Gasteiger partial charge in [0.05, 0.1) is 24.8 Å². The summed E-state index contributed by atoms with van der Waals surface area (Å²) in [6, 6.07) is 22.5. The van der Waals surface area contributed by atoms with Crippen molar-refractivity contribution < 1.29 is 17.9 Å². The first kappa shape index (κ1) is 24.4. The minimum Gasteiger partial charge on any atom is -0.497 e. The van der Waals surface area contributed by atoms with E-state index in [1.54, 1.807) is 36.4 Å². The number of hydrogen-bond acceptors (Lipinski definition) is 5. The lowest BCUT2D eigenvalue weighted by Crippen LogP contribution is -2.40. The summed E-state index contributed by atoms with van der Waals surface area (Å²) in [7, 11) is -2.42. The fourth-order valence-electron chi connectivity index (χ4n) is 3.04. The lowest BCUT2D eigenvalue weighted by Gasteiger charge is -2.21. The van der Waals surface area contributed by atoms with Crippen LogP contribution in [-0.4, -0.2) is 45.0 Å². The number of rotatable bonds is 10. The van der Waals surface area contributed by atoms with Crippen molar-refractivity contribution >= 4 is 33.7 Å². The van der Waals surface area contributed by atoms with Crippen LogP contribution in [0.4, 0.5) is 0 Å². The number of hydrazone groups is 1. The molecule has 0 bridgehead atoms. The second-order valence-electron chi connectivity index (χ2n) is 7.10. The third kappa shape index (κ3) is 7.15. The monoisotopic (exact) mass is 485 g/mol. The van der Waals surface area contributed by atoms with Gasteiger partial charge in [-0.1, -0.05) is 54.1 Å². The van der Waals surface area contributed by atoms with Crippen molar-refractivity contribution in [2.24, 2.45) is 5.10 Å². The average Bonchev–Trinajstić information content (AvgIpc) is 2.82. The molecular weight excluding hydrogens is 462 g/mol. The number of hydrogen-bond donors (Lipinski definition) is 1. The molecule has 0 radical (unpaired) electrons. The van der Waals surface area contributed by atoms with Crippen LogP contribution in [0, 0.1) is 0 Å². The molecule has 0 aliphatic carbocycles. The molecule has 0 aliphatic rings. The van der Waals surface area contributed by atoms with Crippen LogP contribution < -0.4 is 10.2 Å². The molecule has 0 atom stereocenters. The molecule has 0 saturated carbocycles. The number of halogens is 1. The summed E-state index contributed by atoms with van der Waals surface area (Å²) < 4.78 is 32.8. The molecule has 0 aliphatic heterocycles. The molecule has 9 heteroatoms. The largest absolute Gasteiger partial charge is 0.497 e. The Morgan fingerprint density at radius 3 is 2.45 bits per heavy atom. The first-order valence-corrected chi connectivity index (χ1v) is 12.0. The lowest BCUT2D eigenvalue weighted by molar-refractivity contribution is -0.121. The first-order valence-electron chi connectivity index (χ1n) is 10.1. The number of benzene rings is 3. The van der Waals surface area contributed by atoms with Crippen LogP contribution in [0.2, 0.25) is 5.02 Å². The van der Waals surface area contributed by atoms with Crippen LogP contribution in [-0.2, 0) is 21.2 Å². The quantitative estimate of drug-likeness (QED) is 0.350. The van der Waals surface area contributed by atoms with Crippen molar-refractivity contribution in [2.75, 3.05) is 20.2 Å². The minimum atomic E-state index is -3.93. The Bertz CT molecular complexity index is 1200. The molecule has 0 unspecified atom stereocenters. The van der Waals surface area contributed by atoms with Crippen LogP contribution in [0.3, 0.4) is 0 Å². The van der Waals surface area contributed by atoms with E-state index >= 15 is 0 Å². The maximum absolute atomic E-state index is 13.3. The maximum atomic E-state index is 13.3. The van der Waals surface area contributed by atoms with Crippen molar-refractivity contribution in [3.05, 3.63) is 95.0 Å². The highest BCUT2D eigenvalue weighted by atomic mass is 35.5. The van der Waals surface area contributed by atoms with E-state index in [1.807, 2.05) is 30.3 Å². The number of ether oxygens (including phenoxy) is 1. The Morgan fingerprint density at radius 2 is 1.79 bits per heavy atom. The first-order chi connectivity index (χ1) is 15.9. The summed E-state index contributed by atoms with van der Waals surface area (Å²) in [6.45, 7) is -0.252. The molecule has 3 aromatic carbocycles. The predicted octanol–water partition coefficient (Wildman–Crippen LogP) is 3.73. The van der Waals surface area contributed by atoms with Crippen LogP contribution in [0.25, 0.3) is 0 Å². The number of nitrogens with zero attached hydrogens (tertiary/aromatic N) is 2. The molecule has 3 rings (SSSR count). The van der Waals surface area contributed by atoms with Gasteiger partial charge in [-0.25, -0.2) is 13.8 Å². The van der Waals surface area contributed by atoms with E-state index in [4.69, 9.17) is 16.3 Å². The smallest absolute Gasteiger partial charge is 0.255 e. The van der Waals surface area contributed by atoms with Gasteiger partial charge in [0.15, 0.2) is 0 Å². The van der Waals surface area contributed by atoms with Gasteiger partial charge in [0, 0.05) is 11.6 Å². The molecule has 1 amide bonds. The number of carbonyl (C=O) groups is 1. The van der Waals surface area contributed by atoms with E-state index in [9.17, 15) is 13.2 Å². The van der Waals surface area contributed by atoms with E-state index in [1.165, 1.54) is 25.5 Å². The summed E-state index contributed by atoms with van der Waals surface area (Å²) in [6.07, 6.45) is 1.89. The van der Waals surface area contributed by atoms with E-state index < -0.39 is 15.9 Å². The van der Waals surface area contributed by atoms with E-state index in [-0.39, 0.29) is 18.0 Å². The fourth-order valence-corrected chi connectivity index (χ4v) is 4.64. The van der Waals surface area contributed by atoms with Gasteiger partial charge in [-0.2, -0.15) is 9.41 Å². The molecule has 7 nitrogen and oxygen atoms in total. The van der Waals surface area contributed by atoms with Crippen LogP contribution >= 0.6 is 11.6 Å². The Balaban J connectivity index is 1.74. The number of amides is 1. The normalized spacial score (nSPS) is 11.6. The van der Waals surface area contributed by atoms with Crippen LogP contribution in [0.5, 0.6) is 5.75 Å². The Kier molecular flexibility index (Phi) is 8.59. The molecule has 3 aromatic rings. The molecule has 0 fully saturated rings. The number of nitrogens with one attached hydrogen (secondary N) is 1. The standard InChI is InChI=1S/C24H24ClN3O4S/c1-32-22-10-12-23(13-11-22)33(30,31)28(15-14-19-6-3-2-4-7-19)18-24(29)27-26-17-20-8-5-9-21(25)16-20/h2-13,16-17H,14-15,18H2,1H3,(H,27,29)/b26-17-. The van der Waals surface area contributed by atoms with Crippen molar-refractivity contribution in [3.63, 3.8) is 0 Å². The highest BCUT2D eigenvalue weighted by molar-refractivity contribution is 7.89. The summed E-state index contributed by atoms with van der Waals surface area (Å²) >= 11 is 5.94. The van der Waals surface area contributed by atoms with Crippen molar-refractivity contribution in [2.45, 2.75) is 11.3 Å². The van der Waals surface area contributed by atoms with Gasteiger partial charge in [0.25, 0.3) is 5.91 Å². The maximum Gasteiger partial charge on any atom is 0.255 e. The van der Waals surface area contributed by atoms with Gasteiger partial charge in [0.1, 0.15) is 5.75 Å². The zero-order chi connectivity index (χ0) is 23.7. The molecule has 0 saturated heterocycles. The molecular formula is C24H24ClN3O4S. The summed E-state index contributed by atoms with van der Waals surface area (Å²) in [5.41, 5.74) is 4.05. The second kappa shape index (κ2) is 11.6. The van der Waals surface area contributed by atoms with E-state index in [0.717, 1.165) is 9.87 Å². The second-order valence-corrected chi connectivity index (χ2v) is 9.47. The van der Waals surface area contributed by atoms with Gasteiger partial charge < -0.3 is 4.74 Å². The van der Waals surface area contributed by atoms with Gasteiger partial charge in [-0.05, 0) is 53.9 Å². The summed E-state index contributed by atoms with van der Waals surface area (Å²) in [5, 5.41) is 4.45. The van der Waals surface area contributed by atoms with E-state index in [0.29, 0.717) is 22.8 Å². The molecule has 1 N–H and O–H groups in total. The van der Waals surface area contributed by atoms with Crippen molar-refractivity contribution in [3.8, 4) is 5.75 Å². The third-order valence-corrected chi connectivity index (χ3v) is 6.86. The summed E-state index contributed by atoms with van der Waals surface area (Å²) in [4.78, 5) is 12.6. The Morgan fingerprint density at radius 1 is 1.06 bits per heavy atom. The topological polar surface area (TPSA) is 88.1 Å². The van der Waals surface area contributed by atoms with Crippen LogP contribution in [0.1, 0.15) is 11.1 Å². The third-order valence-electron chi connectivity index (χ3n) is 4.76. The molecule has 33 heavy (non-hydrogen) atoms. The van der Waals surface area contributed by atoms with Crippen molar-refractivity contribution in [1.29, 1.82) is 0 Å². The number of sulfonamides is 1. The molecule has 0 aromatic heterocycles. The average molecular weight is 486 g/mol. The van der Waals surface area contributed by atoms with Crippen LogP contribution in [0.15, 0.2) is 88.9 Å². The van der Waals surface area contributed by atoms with E-state index in [2.05, 4.69) is 10.5 Å². The lowest BCUT2D eigenvalue weighted by atomic mass is 10.1. The number of methoxy groups -OCH3 is 1. The molecule has 0 spiro atoms. The highest BCUT2D eigenvalue weighted by Gasteiger charge is 2.26. The fraction of sp³-hybridized carbons (Fsp3) is 0.167. The zero-order valence-electron chi connectivity index (χ0n) is 18.0. The number of carbonyl (C=O) groups excluding carboxylic acids is 1. The Hall–Kier alpha value is -3.20. The van der Waals surface area contributed by atoms with Gasteiger partial charge in [0.2, 0.25) is 10.0 Å². The Labute approximate surface area is 198 Å². The van der Waals surface area contributed by atoms with Gasteiger partial charge >= 0.3 is 0 Å². The zero-order valence-corrected chi connectivity index (χ0v) is 19.6. The van der Waals surface area contributed by atoms with Crippen molar-refractivity contribution in [1.82, 2.24) is 9.73 Å². The van der Waals surface area contributed by atoms with Gasteiger partial charge in [-0.15, -0.1) is 0 Å².